The molecule has 0 aromatic carbocycles. The molecule has 8 nitrogen and oxygen atoms in total. The van der Waals surface area contributed by atoms with Gasteiger partial charge in [0, 0.05) is 21.7 Å². The maximum absolute atomic E-state index is 12.8. The number of ketones is 4. The first-order valence-electron chi connectivity index (χ1n) is 17.3. The monoisotopic (exact) mass is 688 g/mol. The fraction of sp³-hybridized carbons (Fsp3) is 0.455. The highest BCUT2D eigenvalue weighted by Crippen LogP contribution is 2.65. The Labute approximate surface area is 306 Å². The number of carbonyl (C=O) groups is 4. The van der Waals surface area contributed by atoms with Gasteiger partial charge in [0.05, 0.1) is 35.1 Å². The van der Waals surface area contributed by atoms with Crippen LogP contribution in [0, 0.1) is 104 Å². The van der Waals surface area contributed by atoms with E-state index in [0.717, 1.165) is 24.0 Å². The summed E-state index contributed by atoms with van der Waals surface area (Å²) in [5.41, 5.74) is -1.97. The Balaban J connectivity index is 0.000000201. The number of carbonyl (C=O) groups excluding carboxylic acids is 4. The zero-order chi connectivity index (χ0) is 38.7. The third-order valence-corrected chi connectivity index (χ3v) is 12.5. The van der Waals surface area contributed by atoms with E-state index in [1.165, 1.54) is 12.2 Å². The van der Waals surface area contributed by atoms with Crippen LogP contribution in [0.3, 0.4) is 0 Å². The van der Waals surface area contributed by atoms with Gasteiger partial charge in [-0.25, -0.2) is 9.69 Å². The van der Waals surface area contributed by atoms with Crippen LogP contribution in [0.5, 0.6) is 0 Å². The molecule has 2 fully saturated rings. The van der Waals surface area contributed by atoms with E-state index in [4.69, 9.17) is 13.1 Å². The fourth-order valence-corrected chi connectivity index (χ4v) is 10.2. The number of hydrogen-bond acceptors (Lipinski definition) is 6. The Morgan fingerprint density at radius 1 is 0.635 bits per heavy atom. The molecular weight excluding hydrogens is 649 g/mol. The van der Waals surface area contributed by atoms with Crippen molar-refractivity contribution in [1.82, 2.24) is 0 Å². The zero-order valence-electron chi connectivity index (χ0n) is 30.9. The molecule has 0 spiro atoms. The van der Waals surface area contributed by atoms with Crippen LogP contribution < -0.4 is 0 Å². The van der Waals surface area contributed by atoms with Crippen molar-refractivity contribution >= 4 is 23.1 Å². The first-order chi connectivity index (χ1) is 24.3. The average Bonchev–Trinajstić information content (AvgIpc) is 3.09. The lowest BCUT2D eigenvalue weighted by atomic mass is 9.46. The second-order valence-corrected chi connectivity index (χ2v) is 16.0. The minimum absolute atomic E-state index is 0.0316. The Morgan fingerprint density at radius 3 is 1.27 bits per heavy atom. The summed E-state index contributed by atoms with van der Waals surface area (Å²) in [6.07, 6.45) is 12.7. The lowest BCUT2D eigenvalue weighted by Gasteiger charge is -2.56. The third-order valence-electron chi connectivity index (χ3n) is 12.5. The van der Waals surface area contributed by atoms with Gasteiger partial charge in [0.25, 0.3) is 0 Å². The van der Waals surface area contributed by atoms with E-state index in [2.05, 4.69) is 33.4 Å². The summed E-state index contributed by atoms with van der Waals surface area (Å²) < 4.78 is 0. The highest BCUT2D eigenvalue weighted by atomic mass is 16.1. The number of nitriles is 2. The molecule has 0 aliphatic heterocycles. The largest absolute Gasteiger partial charge is 0.307 e. The average molecular weight is 689 g/mol. The van der Waals surface area contributed by atoms with E-state index in [1.807, 2.05) is 53.7 Å². The van der Waals surface area contributed by atoms with Gasteiger partial charge in [-0.05, 0) is 86.8 Å². The predicted octanol–water partition coefficient (Wildman–Crippen LogP) is 7.57. The van der Waals surface area contributed by atoms with Crippen LogP contribution in [0.4, 0.5) is 0 Å². The molecule has 6 rings (SSSR count). The molecule has 0 aromatic heterocycles. The molecule has 0 aromatic rings. The van der Waals surface area contributed by atoms with E-state index in [0.29, 0.717) is 12.8 Å². The third kappa shape index (κ3) is 5.18. The molecule has 52 heavy (non-hydrogen) atoms. The molecule has 6 aliphatic carbocycles. The molecule has 8 heteroatoms. The van der Waals surface area contributed by atoms with Crippen molar-refractivity contribution in [3.8, 4) is 35.8 Å². The standard InChI is InChI=1S/2C22H20N2O2/c2*1-6-8-22-9-7-17-20(2,3)19(26)15(24-5)12-21(17,4)18(22)10-16(25)14(11-22)13-23/h2*10-12,17H,7,9H2,1-4H3. The molecule has 6 atom stereocenters. The number of allylic oxidation sites excluding steroid dienone is 12. The lowest BCUT2D eigenvalue weighted by molar-refractivity contribution is -0.130. The van der Waals surface area contributed by atoms with Crippen molar-refractivity contribution in [2.75, 3.05) is 0 Å². The SMILES string of the molecule is [C-]#[N+]C1=CC2(C)C3=CC(=O)C(C#N)=CC3(C#CC)CCC2C(C)(C)C1=O.[C-]#[N+]C1=CC2(C)C3=CC(=O)C(C#N)=CC3(C#CC)CCC2C(C)(C)C1=O. The molecule has 0 bridgehead atoms. The van der Waals surface area contributed by atoms with Crippen molar-refractivity contribution < 1.29 is 19.2 Å². The van der Waals surface area contributed by atoms with Crippen LogP contribution in [-0.2, 0) is 19.2 Å². The van der Waals surface area contributed by atoms with Crippen LogP contribution in [-0.4, -0.2) is 23.1 Å². The summed E-state index contributed by atoms with van der Waals surface area (Å²) >= 11 is 0. The molecule has 0 radical (unpaired) electrons. The Morgan fingerprint density at radius 2 is 0.981 bits per heavy atom. The van der Waals surface area contributed by atoms with Crippen LogP contribution in [0.25, 0.3) is 9.69 Å². The molecule has 6 aliphatic rings. The number of fused-ring (bicyclic) bond motifs is 6. The molecule has 2 saturated carbocycles. The Bertz CT molecular complexity index is 2100. The van der Waals surface area contributed by atoms with Gasteiger partial charge in [-0.3, -0.25) is 9.59 Å². The highest BCUT2D eigenvalue weighted by molar-refractivity contribution is 6.10. The van der Waals surface area contributed by atoms with Gasteiger partial charge >= 0.3 is 0 Å². The minimum Gasteiger partial charge on any atom is -0.307 e. The Hall–Kier alpha value is -5.80. The zero-order valence-corrected chi connectivity index (χ0v) is 30.9. The van der Waals surface area contributed by atoms with Crippen molar-refractivity contribution in [1.29, 1.82) is 10.5 Å². The number of hydrogen-bond donors (Lipinski definition) is 0. The van der Waals surface area contributed by atoms with E-state index in [9.17, 15) is 29.7 Å². The van der Waals surface area contributed by atoms with E-state index < -0.39 is 32.5 Å². The van der Waals surface area contributed by atoms with Crippen molar-refractivity contribution in [3.63, 3.8) is 0 Å². The van der Waals surface area contributed by atoms with Gasteiger partial charge in [-0.2, -0.15) is 10.5 Å². The predicted molar refractivity (Wildman–Crippen MR) is 194 cm³/mol. The lowest BCUT2D eigenvalue weighted by Crippen LogP contribution is -2.53. The van der Waals surface area contributed by atoms with Gasteiger partial charge in [0.2, 0.25) is 11.4 Å². The van der Waals surface area contributed by atoms with Gasteiger partial charge in [-0.1, -0.05) is 65.5 Å². The summed E-state index contributed by atoms with van der Waals surface area (Å²) in [5.74, 6) is 11.4. The number of Topliss-reactive ketones (excluding diaryl/α,β-unsaturated/α-hetero) is 2. The van der Waals surface area contributed by atoms with Crippen LogP contribution in [0.2, 0.25) is 0 Å². The number of rotatable bonds is 0. The summed E-state index contributed by atoms with van der Waals surface area (Å²) in [6, 6.07) is 3.96. The molecule has 0 heterocycles. The summed E-state index contributed by atoms with van der Waals surface area (Å²) in [7, 11) is 0. The van der Waals surface area contributed by atoms with Crippen molar-refractivity contribution in [3.05, 3.63) is 93.0 Å². The minimum atomic E-state index is -0.696. The topological polar surface area (TPSA) is 125 Å². The molecule has 0 saturated heterocycles. The summed E-state index contributed by atoms with van der Waals surface area (Å²) in [5, 5.41) is 18.6. The van der Waals surface area contributed by atoms with Gasteiger partial charge in [0.1, 0.15) is 12.1 Å². The first-order valence-corrected chi connectivity index (χ1v) is 17.3. The van der Waals surface area contributed by atoms with Crippen molar-refractivity contribution in [2.45, 2.75) is 81.1 Å². The normalized spacial score (nSPS) is 34.5. The first kappa shape index (κ1) is 37.5. The van der Waals surface area contributed by atoms with Gasteiger partial charge in [0.15, 0.2) is 23.1 Å². The van der Waals surface area contributed by atoms with Crippen LogP contribution >= 0.6 is 0 Å². The second kappa shape index (κ2) is 12.5. The van der Waals surface area contributed by atoms with Crippen LogP contribution in [0.1, 0.15) is 81.1 Å². The molecule has 6 unspecified atom stereocenters. The molecule has 260 valence electrons. The molecular formula is C44H40N4O4. The molecule has 0 amide bonds. The smallest absolute Gasteiger partial charge is 0.226 e. The summed E-state index contributed by atoms with van der Waals surface area (Å²) in [4.78, 5) is 57.3. The second-order valence-electron chi connectivity index (χ2n) is 16.0. The summed E-state index contributed by atoms with van der Waals surface area (Å²) in [6.45, 7) is 29.9. The van der Waals surface area contributed by atoms with Gasteiger partial charge < -0.3 is 9.59 Å². The van der Waals surface area contributed by atoms with E-state index >= 15 is 0 Å². The number of nitrogens with zero attached hydrogens (tertiary/aromatic N) is 4. The molecule has 0 N–H and O–H groups in total. The van der Waals surface area contributed by atoms with Crippen molar-refractivity contribution in [2.24, 2.45) is 44.3 Å². The van der Waals surface area contributed by atoms with E-state index in [1.54, 1.807) is 38.2 Å². The fourth-order valence-electron chi connectivity index (χ4n) is 10.2. The van der Waals surface area contributed by atoms with E-state index in [-0.39, 0.29) is 57.5 Å². The maximum Gasteiger partial charge on any atom is 0.226 e. The maximum atomic E-state index is 12.8. The van der Waals surface area contributed by atoms with Gasteiger partial charge in [-0.15, -0.1) is 11.8 Å². The van der Waals surface area contributed by atoms with Crippen LogP contribution in [0.15, 0.2) is 70.1 Å². The Kier molecular flexibility index (Phi) is 8.97. The highest BCUT2D eigenvalue weighted by Gasteiger charge is 2.61. The quantitative estimate of drug-likeness (QED) is 0.191.